The van der Waals surface area contributed by atoms with Gasteiger partial charge in [0.1, 0.15) is 0 Å². The quantitative estimate of drug-likeness (QED) is 0.704. The van der Waals surface area contributed by atoms with E-state index in [2.05, 4.69) is 5.32 Å². The van der Waals surface area contributed by atoms with E-state index in [0.717, 1.165) is 12.3 Å². The number of carbonyl (C=O) groups excluding carboxylic acids is 1. The molecule has 0 spiro atoms. The first-order valence-corrected chi connectivity index (χ1v) is 5.62. The van der Waals surface area contributed by atoms with Gasteiger partial charge in [-0.3, -0.25) is 4.79 Å². The number of nitrogens with one attached hydrogen (secondary N) is 1. The van der Waals surface area contributed by atoms with E-state index in [1.165, 1.54) is 25.7 Å². The molecule has 0 radical (unpaired) electrons. The molecule has 0 aromatic heterocycles. The van der Waals surface area contributed by atoms with Crippen molar-refractivity contribution in [3.63, 3.8) is 0 Å². The molecule has 14 heavy (non-hydrogen) atoms. The molecule has 0 unspecified atom stereocenters. The first kappa shape index (κ1) is 11.5. The minimum absolute atomic E-state index is 0.0230. The number of aliphatic hydroxyl groups is 1. The fourth-order valence-electron chi connectivity index (χ4n) is 2.03. The SMILES string of the molecule is C[C@H](CO)NC(=O)CCC1CCCC1. The molecule has 3 nitrogen and oxygen atoms in total. The van der Waals surface area contributed by atoms with Gasteiger partial charge in [-0.15, -0.1) is 0 Å². The fraction of sp³-hybridized carbons (Fsp3) is 0.909. The van der Waals surface area contributed by atoms with Crippen LogP contribution in [-0.2, 0) is 4.79 Å². The molecule has 3 heteroatoms. The van der Waals surface area contributed by atoms with Crippen LogP contribution in [0.3, 0.4) is 0 Å². The summed E-state index contributed by atoms with van der Waals surface area (Å²) in [6, 6.07) is -0.105. The van der Waals surface area contributed by atoms with Crippen molar-refractivity contribution in [1.29, 1.82) is 0 Å². The Kier molecular flexibility index (Phi) is 4.94. The van der Waals surface area contributed by atoms with E-state index in [4.69, 9.17) is 5.11 Å². The highest BCUT2D eigenvalue weighted by molar-refractivity contribution is 5.76. The van der Waals surface area contributed by atoms with E-state index in [1.54, 1.807) is 0 Å². The Labute approximate surface area is 85.9 Å². The molecular formula is C11H21NO2. The summed E-state index contributed by atoms with van der Waals surface area (Å²) in [6.07, 6.45) is 6.89. The van der Waals surface area contributed by atoms with Crippen molar-refractivity contribution < 1.29 is 9.90 Å². The van der Waals surface area contributed by atoms with Gasteiger partial charge in [-0.25, -0.2) is 0 Å². The molecule has 0 saturated heterocycles. The van der Waals surface area contributed by atoms with E-state index in [0.29, 0.717) is 6.42 Å². The average molecular weight is 199 g/mol. The lowest BCUT2D eigenvalue weighted by molar-refractivity contribution is -0.122. The lowest BCUT2D eigenvalue weighted by Crippen LogP contribution is -2.35. The summed E-state index contributed by atoms with van der Waals surface area (Å²) in [5.74, 6) is 0.851. The van der Waals surface area contributed by atoms with Gasteiger partial charge in [-0.1, -0.05) is 25.7 Å². The van der Waals surface area contributed by atoms with Gasteiger partial charge in [0.15, 0.2) is 0 Å². The predicted octanol–water partition coefficient (Wildman–Crippen LogP) is 1.45. The van der Waals surface area contributed by atoms with E-state index in [9.17, 15) is 4.79 Å². The number of carbonyl (C=O) groups is 1. The van der Waals surface area contributed by atoms with Gasteiger partial charge in [0.25, 0.3) is 0 Å². The monoisotopic (exact) mass is 199 g/mol. The first-order chi connectivity index (χ1) is 6.72. The number of hydrogen-bond acceptors (Lipinski definition) is 2. The molecule has 82 valence electrons. The zero-order valence-corrected chi connectivity index (χ0v) is 8.96. The van der Waals surface area contributed by atoms with Crippen LogP contribution in [0.25, 0.3) is 0 Å². The molecule has 0 heterocycles. The number of rotatable bonds is 5. The zero-order chi connectivity index (χ0) is 10.4. The van der Waals surface area contributed by atoms with E-state index in [-0.39, 0.29) is 18.6 Å². The third kappa shape index (κ3) is 4.09. The van der Waals surface area contributed by atoms with Gasteiger partial charge in [-0.2, -0.15) is 0 Å². The summed E-state index contributed by atoms with van der Waals surface area (Å²) in [5.41, 5.74) is 0. The van der Waals surface area contributed by atoms with Crippen LogP contribution in [0.2, 0.25) is 0 Å². The molecule has 0 bridgehead atoms. The molecular weight excluding hydrogens is 178 g/mol. The molecule has 1 amide bonds. The van der Waals surface area contributed by atoms with Crippen molar-refractivity contribution in [2.45, 2.75) is 51.5 Å². The van der Waals surface area contributed by atoms with Crippen molar-refractivity contribution in [1.82, 2.24) is 5.32 Å². The topological polar surface area (TPSA) is 49.3 Å². The Morgan fingerprint density at radius 1 is 1.50 bits per heavy atom. The van der Waals surface area contributed by atoms with Crippen LogP contribution in [0, 0.1) is 5.92 Å². The molecule has 1 atom stereocenters. The van der Waals surface area contributed by atoms with Crippen molar-refractivity contribution >= 4 is 5.91 Å². The van der Waals surface area contributed by atoms with Gasteiger partial charge in [-0.05, 0) is 19.3 Å². The van der Waals surface area contributed by atoms with Crippen LogP contribution in [0.4, 0.5) is 0 Å². The highest BCUT2D eigenvalue weighted by Gasteiger charge is 2.16. The molecule has 0 aromatic carbocycles. The molecule has 1 fully saturated rings. The predicted molar refractivity (Wildman–Crippen MR) is 55.9 cm³/mol. The van der Waals surface area contributed by atoms with E-state index >= 15 is 0 Å². The van der Waals surface area contributed by atoms with E-state index in [1.807, 2.05) is 6.92 Å². The van der Waals surface area contributed by atoms with Gasteiger partial charge < -0.3 is 10.4 Å². The second-order valence-corrected chi connectivity index (χ2v) is 4.34. The van der Waals surface area contributed by atoms with Crippen LogP contribution < -0.4 is 5.32 Å². The summed E-state index contributed by atoms with van der Waals surface area (Å²) >= 11 is 0. The normalized spacial score (nSPS) is 19.6. The van der Waals surface area contributed by atoms with Gasteiger partial charge in [0, 0.05) is 12.5 Å². The van der Waals surface area contributed by atoms with Gasteiger partial charge >= 0.3 is 0 Å². The molecule has 0 aliphatic heterocycles. The largest absolute Gasteiger partial charge is 0.394 e. The van der Waals surface area contributed by atoms with Crippen LogP contribution in [0.5, 0.6) is 0 Å². The highest BCUT2D eigenvalue weighted by Crippen LogP contribution is 2.28. The van der Waals surface area contributed by atoms with E-state index < -0.39 is 0 Å². The molecule has 2 N–H and O–H groups in total. The maximum absolute atomic E-state index is 11.3. The number of amides is 1. The Hall–Kier alpha value is -0.570. The Bertz CT molecular complexity index is 176. The molecule has 0 aromatic rings. The van der Waals surface area contributed by atoms with Crippen LogP contribution in [0.1, 0.15) is 45.4 Å². The van der Waals surface area contributed by atoms with Crippen molar-refractivity contribution in [3.8, 4) is 0 Å². The Morgan fingerprint density at radius 2 is 2.14 bits per heavy atom. The van der Waals surface area contributed by atoms with Crippen LogP contribution in [-0.4, -0.2) is 23.7 Å². The lowest BCUT2D eigenvalue weighted by atomic mass is 10.0. The fourth-order valence-corrected chi connectivity index (χ4v) is 2.03. The van der Waals surface area contributed by atoms with Crippen molar-refractivity contribution in [3.05, 3.63) is 0 Å². The summed E-state index contributed by atoms with van der Waals surface area (Å²) in [6.45, 7) is 1.84. The van der Waals surface area contributed by atoms with Gasteiger partial charge in [0.2, 0.25) is 5.91 Å². The van der Waals surface area contributed by atoms with Gasteiger partial charge in [0.05, 0.1) is 6.61 Å². The van der Waals surface area contributed by atoms with Crippen molar-refractivity contribution in [2.75, 3.05) is 6.61 Å². The average Bonchev–Trinajstić information content (AvgIpc) is 2.67. The first-order valence-electron chi connectivity index (χ1n) is 5.62. The Morgan fingerprint density at radius 3 is 2.71 bits per heavy atom. The van der Waals surface area contributed by atoms with Crippen LogP contribution in [0.15, 0.2) is 0 Å². The molecule has 1 aliphatic carbocycles. The summed E-state index contributed by atoms with van der Waals surface area (Å²) in [4.78, 5) is 11.3. The smallest absolute Gasteiger partial charge is 0.220 e. The molecule has 1 rings (SSSR count). The summed E-state index contributed by atoms with van der Waals surface area (Å²) < 4.78 is 0. The number of aliphatic hydroxyl groups excluding tert-OH is 1. The Balaban J connectivity index is 2.08. The number of hydrogen-bond donors (Lipinski definition) is 2. The second-order valence-electron chi connectivity index (χ2n) is 4.34. The summed E-state index contributed by atoms with van der Waals surface area (Å²) in [7, 11) is 0. The summed E-state index contributed by atoms with van der Waals surface area (Å²) in [5, 5.41) is 11.5. The van der Waals surface area contributed by atoms with Crippen molar-refractivity contribution in [2.24, 2.45) is 5.92 Å². The highest BCUT2D eigenvalue weighted by atomic mass is 16.3. The third-order valence-corrected chi connectivity index (χ3v) is 2.94. The molecule has 1 saturated carbocycles. The van der Waals surface area contributed by atoms with Crippen LogP contribution >= 0.6 is 0 Å². The minimum atomic E-state index is -0.105. The third-order valence-electron chi connectivity index (χ3n) is 2.94. The minimum Gasteiger partial charge on any atom is -0.394 e. The lowest BCUT2D eigenvalue weighted by Gasteiger charge is -2.12. The second kappa shape index (κ2) is 6.02. The maximum atomic E-state index is 11.3. The molecule has 1 aliphatic rings. The maximum Gasteiger partial charge on any atom is 0.220 e. The standard InChI is InChI=1S/C11H21NO2/c1-9(8-13)12-11(14)7-6-10-4-2-3-5-10/h9-10,13H,2-8H2,1H3,(H,12,14)/t9-/m1/s1. The zero-order valence-electron chi connectivity index (χ0n) is 8.96.